The molecule has 1 amide bonds. The van der Waals surface area contributed by atoms with Crippen molar-refractivity contribution in [2.75, 3.05) is 7.11 Å². The lowest BCUT2D eigenvalue weighted by atomic mass is 10.2. The number of rotatable bonds is 4. The number of methoxy groups -OCH3 is 1. The highest BCUT2D eigenvalue weighted by atomic mass is 16.5. The molecule has 0 fully saturated rings. The number of hydrogen-bond acceptors (Lipinski definition) is 5. The number of carbonyl (C=O) groups is 1. The summed E-state index contributed by atoms with van der Waals surface area (Å²) in [5.74, 6) is -0.558. The number of amides is 1. The number of ether oxygens (including phenoxy) is 1. The maximum absolute atomic E-state index is 12.4. The smallest absolute Gasteiger partial charge is 0.274 e. The largest absolute Gasteiger partial charge is 0.497 e. The Balaban J connectivity index is 1.84. The minimum absolute atomic E-state index is 0.208. The molecule has 0 saturated carbocycles. The van der Waals surface area contributed by atoms with Gasteiger partial charge in [-0.2, -0.15) is 4.98 Å². The maximum Gasteiger partial charge on any atom is 0.274 e. The molecule has 0 aliphatic heterocycles. The molecule has 24 heavy (non-hydrogen) atoms. The average molecular weight is 325 g/mol. The van der Waals surface area contributed by atoms with Crippen LogP contribution in [0.15, 0.2) is 53.5 Å². The van der Waals surface area contributed by atoms with Gasteiger partial charge in [0.25, 0.3) is 11.5 Å². The third kappa shape index (κ3) is 2.91. The zero-order valence-corrected chi connectivity index (χ0v) is 12.9. The van der Waals surface area contributed by atoms with E-state index in [1.165, 1.54) is 10.6 Å². The van der Waals surface area contributed by atoms with Gasteiger partial charge in [-0.1, -0.05) is 18.2 Å². The second kappa shape index (κ2) is 6.41. The highest BCUT2D eigenvalue weighted by Gasteiger charge is 2.19. The molecule has 2 heterocycles. The Morgan fingerprint density at radius 3 is 2.71 bits per heavy atom. The summed E-state index contributed by atoms with van der Waals surface area (Å²) in [6, 6.07) is 12.0. The van der Waals surface area contributed by atoms with E-state index >= 15 is 0 Å². The SMILES string of the molecule is COc1ccc(CNC(=O)c2c(O)nc3ccccn3c2=O)cc1. The fourth-order valence-corrected chi connectivity index (χ4v) is 2.29. The van der Waals surface area contributed by atoms with Crippen LogP contribution in [0.2, 0.25) is 0 Å². The number of pyridine rings is 1. The van der Waals surface area contributed by atoms with Gasteiger partial charge >= 0.3 is 0 Å². The topological polar surface area (TPSA) is 92.9 Å². The molecular weight excluding hydrogens is 310 g/mol. The van der Waals surface area contributed by atoms with E-state index in [2.05, 4.69) is 10.3 Å². The maximum atomic E-state index is 12.4. The quantitative estimate of drug-likeness (QED) is 0.755. The number of benzene rings is 1. The number of aromatic nitrogens is 2. The molecule has 7 nitrogen and oxygen atoms in total. The number of carbonyl (C=O) groups excluding carboxylic acids is 1. The van der Waals surface area contributed by atoms with Crippen molar-refractivity contribution in [3.63, 3.8) is 0 Å². The third-order valence-corrected chi connectivity index (χ3v) is 3.55. The Hall–Kier alpha value is -3.35. The van der Waals surface area contributed by atoms with Crippen LogP contribution in [0.4, 0.5) is 0 Å². The highest BCUT2D eigenvalue weighted by molar-refractivity contribution is 5.96. The van der Waals surface area contributed by atoms with Crippen LogP contribution in [-0.4, -0.2) is 27.5 Å². The predicted octanol–water partition coefficient (Wildman–Crippen LogP) is 1.34. The molecule has 0 radical (unpaired) electrons. The van der Waals surface area contributed by atoms with E-state index in [1.54, 1.807) is 49.6 Å². The summed E-state index contributed by atoms with van der Waals surface area (Å²) in [6.07, 6.45) is 1.49. The first-order valence-electron chi connectivity index (χ1n) is 7.21. The number of fused-ring (bicyclic) bond motifs is 1. The molecule has 3 aromatic rings. The van der Waals surface area contributed by atoms with Gasteiger partial charge < -0.3 is 15.2 Å². The van der Waals surface area contributed by atoms with Crippen molar-refractivity contribution >= 4 is 11.6 Å². The van der Waals surface area contributed by atoms with Gasteiger partial charge in [-0.05, 0) is 29.8 Å². The molecule has 2 N–H and O–H groups in total. The normalized spacial score (nSPS) is 10.5. The van der Waals surface area contributed by atoms with Gasteiger partial charge in [0.1, 0.15) is 11.4 Å². The van der Waals surface area contributed by atoms with Crippen LogP contribution in [-0.2, 0) is 6.54 Å². The lowest BCUT2D eigenvalue weighted by Crippen LogP contribution is -2.31. The monoisotopic (exact) mass is 325 g/mol. The third-order valence-electron chi connectivity index (χ3n) is 3.55. The van der Waals surface area contributed by atoms with Crippen molar-refractivity contribution in [3.8, 4) is 11.6 Å². The molecule has 0 aliphatic carbocycles. The number of nitrogens with one attached hydrogen (secondary N) is 1. The summed E-state index contributed by atoms with van der Waals surface area (Å²) >= 11 is 0. The van der Waals surface area contributed by atoms with Gasteiger partial charge in [0.15, 0.2) is 5.56 Å². The molecule has 2 aromatic heterocycles. The fraction of sp³-hybridized carbons (Fsp3) is 0.118. The lowest BCUT2D eigenvalue weighted by Gasteiger charge is -2.08. The molecular formula is C17H15N3O4. The summed E-state index contributed by atoms with van der Waals surface area (Å²) in [4.78, 5) is 28.5. The van der Waals surface area contributed by atoms with Gasteiger partial charge in [-0.25, -0.2) is 0 Å². The van der Waals surface area contributed by atoms with Crippen LogP contribution in [0.5, 0.6) is 11.6 Å². The van der Waals surface area contributed by atoms with Crippen LogP contribution < -0.4 is 15.6 Å². The van der Waals surface area contributed by atoms with Crippen molar-refractivity contribution in [2.45, 2.75) is 6.54 Å². The van der Waals surface area contributed by atoms with Crippen molar-refractivity contribution in [3.05, 3.63) is 70.1 Å². The molecule has 0 spiro atoms. The Labute approximate surface area is 137 Å². The van der Waals surface area contributed by atoms with Gasteiger partial charge in [-0.3, -0.25) is 14.0 Å². The van der Waals surface area contributed by atoms with Crippen molar-refractivity contribution < 1.29 is 14.6 Å². The number of nitrogens with zero attached hydrogens (tertiary/aromatic N) is 2. The van der Waals surface area contributed by atoms with Crippen molar-refractivity contribution in [2.24, 2.45) is 0 Å². The molecule has 0 unspecified atom stereocenters. The first kappa shape index (κ1) is 15.5. The lowest BCUT2D eigenvalue weighted by molar-refractivity contribution is 0.0945. The summed E-state index contributed by atoms with van der Waals surface area (Å²) in [5, 5.41) is 12.5. The summed E-state index contributed by atoms with van der Waals surface area (Å²) in [6.45, 7) is 0.208. The van der Waals surface area contributed by atoms with Crippen LogP contribution in [0.3, 0.4) is 0 Å². The second-order valence-electron chi connectivity index (χ2n) is 5.08. The van der Waals surface area contributed by atoms with Crippen molar-refractivity contribution in [1.82, 2.24) is 14.7 Å². The number of hydrogen-bond donors (Lipinski definition) is 2. The first-order chi connectivity index (χ1) is 11.6. The zero-order chi connectivity index (χ0) is 17.1. The summed E-state index contributed by atoms with van der Waals surface area (Å²) in [5.41, 5.74) is 0.0988. The van der Waals surface area contributed by atoms with E-state index in [1.807, 2.05) is 0 Å². The minimum atomic E-state index is -0.681. The molecule has 3 rings (SSSR count). The van der Waals surface area contributed by atoms with Gasteiger partial charge in [0.2, 0.25) is 5.88 Å². The van der Waals surface area contributed by atoms with Gasteiger partial charge in [-0.15, -0.1) is 0 Å². The standard InChI is InChI=1S/C17H15N3O4/c1-24-12-7-5-11(6-8-12)10-18-15(21)14-16(22)19-13-4-2-3-9-20(13)17(14)23/h2-9,22H,10H2,1H3,(H,18,21). The van der Waals surface area contributed by atoms with Crippen LogP contribution >= 0.6 is 0 Å². The van der Waals surface area contributed by atoms with Gasteiger partial charge in [0.05, 0.1) is 7.11 Å². The molecule has 0 saturated heterocycles. The molecule has 0 bridgehead atoms. The fourth-order valence-electron chi connectivity index (χ4n) is 2.29. The molecule has 0 atom stereocenters. The number of aromatic hydroxyl groups is 1. The minimum Gasteiger partial charge on any atom is -0.497 e. The molecule has 1 aromatic carbocycles. The van der Waals surface area contributed by atoms with E-state index in [-0.39, 0.29) is 17.8 Å². The second-order valence-corrected chi connectivity index (χ2v) is 5.08. The Morgan fingerprint density at radius 1 is 1.25 bits per heavy atom. The Morgan fingerprint density at radius 2 is 2.00 bits per heavy atom. The molecule has 0 aliphatic rings. The Bertz CT molecular complexity index is 948. The predicted molar refractivity (Wildman–Crippen MR) is 87.3 cm³/mol. The van der Waals surface area contributed by atoms with Crippen LogP contribution in [0, 0.1) is 0 Å². The van der Waals surface area contributed by atoms with E-state index in [0.717, 1.165) is 5.56 Å². The summed E-state index contributed by atoms with van der Waals surface area (Å²) < 4.78 is 6.27. The van der Waals surface area contributed by atoms with E-state index in [0.29, 0.717) is 5.75 Å². The highest BCUT2D eigenvalue weighted by Crippen LogP contribution is 2.13. The molecule has 7 heteroatoms. The van der Waals surface area contributed by atoms with E-state index in [4.69, 9.17) is 4.74 Å². The van der Waals surface area contributed by atoms with Crippen molar-refractivity contribution in [1.29, 1.82) is 0 Å². The molecule has 122 valence electrons. The Kier molecular flexibility index (Phi) is 4.15. The van der Waals surface area contributed by atoms with Crippen LogP contribution in [0.25, 0.3) is 5.65 Å². The summed E-state index contributed by atoms with van der Waals surface area (Å²) in [7, 11) is 1.57. The van der Waals surface area contributed by atoms with E-state index < -0.39 is 17.3 Å². The van der Waals surface area contributed by atoms with Gasteiger partial charge in [0, 0.05) is 12.7 Å². The van der Waals surface area contributed by atoms with Crippen LogP contribution in [0.1, 0.15) is 15.9 Å². The van der Waals surface area contributed by atoms with E-state index in [9.17, 15) is 14.7 Å². The first-order valence-corrected chi connectivity index (χ1v) is 7.21. The zero-order valence-electron chi connectivity index (χ0n) is 12.9. The average Bonchev–Trinajstić information content (AvgIpc) is 2.60.